The van der Waals surface area contributed by atoms with E-state index in [0.29, 0.717) is 5.92 Å². The Hall–Kier alpha value is -6.19. The molecule has 0 bridgehead atoms. The largest absolute Gasteiger partial charge is 0.311 e. The minimum atomic E-state index is -0.0878. The summed E-state index contributed by atoms with van der Waals surface area (Å²) < 4.78 is 2.42. The lowest BCUT2D eigenvalue weighted by atomic mass is 9.82. The lowest BCUT2D eigenvalue weighted by molar-refractivity contribution is 0.660. The van der Waals surface area contributed by atoms with Crippen LogP contribution in [0.25, 0.3) is 50.5 Å². The monoisotopic (exact) mass is 697 g/mol. The molecule has 54 heavy (non-hydrogen) atoms. The van der Waals surface area contributed by atoms with Gasteiger partial charge in [0, 0.05) is 51.6 Å². The van der Waals surface area contributed by atoms with E-state index in [2.05, 4.69) is 181 Å². The van der Waals surface area contributed by atoms with E-state index in [1.807, 2.05) is 18.5 Å². The summed E-state index contributed by atoms with van der Waals surface area (Å²) in [5.74, 6) is 0.382. The van der Waals surface area contributed by atoms with E-state index in [9.17, 15) is 0 Å². The number of anilines is 2. The van der Waals surface area contributed by atoms with Gasteiger partial charge in [-0.1, -0.05) is 106 Å². The van der Waals surface area contributed by atoms with Gasteiger partial charge in [0.25, 0.3) is 0 Å². The van der Waals surface area contributed by atoms with Gasteiger partial charge in [0.05, 0.1) is 5.52 Å². The number of fused-ring (bicyclic) bond motifs is 6. The van der Waals surface area contributed by atoms with Gasteiger partial charge in [0.15, 0.2) is 0 Å². The highest BCUT2D eigenvalue weighted by molar-refractivity contribution is 5.94. The van der Waals surface area contributed by atoms with Crippen LogP contribution in [0.15, 0.2) is 164 Å². The van der Waals surface area contributed by atoms with Crippen molar-refractivity contribution in [3.8, 4) is 27.9 Å². The van der Waals surface area contributed by atoms with Crippen LogP contribution in [-0.4, -0.2) is 9.55 Å². The third-order valence-electron chi connectivity index (χ3n) is 11.9. The number of pyridine rings is 1. The first-order valence-corrected chi connectivity index (χ1v) is 19.3. The van der Waals surface area contributed by atoms with Gasteiger partial charge < -0.3 is 9.47 Å². The standard InChI is InChI=1S/C51H43N3/c1-34-28-38(37-12-11-27-52-33-37)30-42(29-34)53(41-24-25-44-43-15-7-9-17-47(43)51(2,3)48(44)32-41)40-22-19-35(20-23-40)36-21-26-50-46(31-36)45-16-8-10-18-49(45)54(50)39-13-5-4-6-14-39/h4-7,9-15,17-27,29-34H,8,16,28H2,1-3H3. The van der Waals surface area contributed by atoms with Crippen molar-refractivity contribution in [2.45, 2.75) is 45.4 Å². The molecule has 1 unspecified atom stereocenters. The third-order valence-corrected chi connectivity index (χ3v) is 11.9. The molecule has 3 aliphatic rings. The van der Waals surface area contributed by atoms with Gasteiger partial charge in [-0.05, 0) is 142 Å². The van der Waals surface area contributed by atoms with Crippen molar-refractivity contribution in [3.05, 3.63) is 192 Å². The predicted octanol–water partition coefficient (Wildman–Crippen LogP) is 13.1. The number of para-hydroxylation sites is 1. The summed E-state index contributed by atoms with van der Waals surface area (Å²) in [6, 6.07) is 47.2. The van der Waals surface area contributed by atoms with Crippen molar-refractivity contribution in [2.24, 2.45) is 5.92 Å². The van der Waals surface area contributed by atoms with E-state index < -0.39 is 0 Å². The molecule has 0 aliphatic heterocycles. The van der Waals surface area contributed by atoms with Crippen LogP contribution in [0.1, 0.15) is 61.6 Å². The molecule has 0 saturated heterocycles. The van der Waals surface area contributed by atoms with Gasteiger partial charge in [0.2, 0.25) is 0 Å². The Morgan fingerprint density at radius 2 is 1.50 bits per heavy atom. The maximum atomic E-state index is 4.47. The van der Waals surface area contributed by atoms with Crippen molar-refractivity contribution in [2.75, 3.05) is 4.90 Å². The number of aromatic nitrogens is 2. The number of rotatable bonds is 6. The van der Waals surface area contributed by atoms with Crippen LogP contribution in [0, 0.1) is 5.92 Å². The molecule has 3 aliphatic carbocycles. The van der Waals surface area contributed by atoms with E-state index >= 15 is 0 Å². The minimum absolute atomic E-state index is 0.0878. The number of hydrogen-bond acceptors (Lipinski definition) is 2. The molecular weight excluding hydrogens is 655 g/mol. The Balaban J connectivity index is 1.08. The third kappa shape index (κ3) is 5.29. The molecule has 7 aromatic rings. The van der Waals surface area contributed by atoms with Crippen molar-refractivity contribution in [1.82, 2.24) is 9.55 Å². The second-order valence-electron chi connectivity index (χ2n) is 15.7. The fourth-order valence-electron chi connectivity index (χ4n) is 9.23. The van der Waals surface area contributed by atoms with Crippen LogP contribution in [0.5, 0.6) is 0 Å². The molecule has 0 saturated carbocycles. The maximum absolute atomic E-state index is 4.47. The summed E-state index contributed by atoms with van der Waals surface area (Å²) in [5, 5.41) is 1.34. The molecule has 0 amide bonds. The van der Waals surface area contributed by atoms with Crippen LogP contribution >= 0.6 is 0 Å². The summed E-state index contributed by atoms with van der Waals surface area (Å²) >= 11 is 0. The van der Waals surface area contributed by atoms with E-state index in [1.165, 1.54) is 83.7 Å². The van der Waals surface area contributed by atoms with Crippen LogP contribution in [-0.2, 0) is 11.8 Å². The molecule has 0 radical (unpaired) electrons. The summed E-state index contributed by atoms with van der Waals surface area (Å²) in [6.07, 6.45) is 16.4. The highest BCUT2D eigenvalue weighted by Crippen LogP contribution is 2.50. The van der Waals surface area contributed by atoms with Gasteiger partial charge in [-0.2, -0.15) is 0 Å². The number of aryl methyl sites for hydroxylation is 1. The van der Waals surface area contributed by atoms with Crippen LogP contribution < -0.4 is 4.90 Å². The molecule has 3 heteroatoms. The number of benzene rings is 5. The molecular formula is C51H43N3. The topological polar surface area (TPSA) is 21.1 Å². The Kier molecular flexibility index (Phi) is 7.66. The zero-order valence-corrected chi connectivity index (χ0v) is 31.1. The highest BCUT2D eigenvalue weighted by atomic mass is 15.1. The fourth-order valence-corrected chi connectivity index (χ4v) is 9.23. The van der Waals surface area contributed by atoms with Crippen molar-refractivity contribution < 1.29 is 0 Å². The molecule has 0 fully saturated rings. The Morgan fingerprint density at radius 3 is 2.33 bits per heavy atom. The van der Waals surface area contributed by atoms with Gasteiger partial charge in [-0.25, -0.2) is 0 Å². The average molecular weight is 698 g/mol. The summed E-state index contributed by atoms with van der Waals surface area (Å²) in [4.78, 5) is 6.92. The minimum Gasteiger partial charge on any atom is -0.311 e. The SMILES string of the molecule is CC1C=C(N(c2ccc(-c3ccc4c(c3)c3c(n4-c4ccccc4)C=CCC3)cc2)c2ccc3c(c2)C(C)(C)c2ccccc2-3)C=C(c2cccnc2)C1. The van der Waals surface area contributed by atoms with Gasteiger partial charge in [-0.3, -0.25) is 4.98 Å². The van der Waals surface area contributed by atoms with Gasteiger partial charge in [0.1, 0.15) is 0 Å². The smallest absolute Gasteiger partial charge is 0.0538 e. The summed E-state index contributed by atoms with van der Waals surface area (Å²) in [7, 11) is 0. The Morgan fingerprint density at radius 1 is 0.722 bits per heavy atom. The molecule has 5 aromatic carbocycles. The summed E-state index contributed by atoms with van der Waals surface area (Å²) in [5.41, 5.74) is 19.1. The number of nitrogens with zero attached hydrogens (tertiary/aromatic N) is 3. The molecule has 0 N–H and O–H groups in total. The average Bonchev–Trinajstić information content (AvgIpc) is 3.66. The van der Waals surface area contributed by atoms with Crippen LogP contribution in [0.3, 0.4) is 0 Å². The van der Waals surface area contributed by atoms with Crippen LogP contribution in [0.2, 0.25) is 0 Å². The Bertz CT molecular complexity index is 2650. The first kappa shape index (κ1) is 32.5. The summed E-state index contributed by atoms with van der Waals surface area (Å²) in [6.45, 7) is 7.05. The molecule has 10 rings (SSSR count). The van der Waals surface area contributed by atoms with Gasteiger partial charge >= 0.3 is 0 Å². The molecule has 262 valence electrons. The second-order valence-corrected chi connectivity index (χ2v) is 15.7. The second kappa shape index (κ2) is 12.7. The molecule has 1 atom stereocenters. The predicted molar refractivity (Wildman–Crippen MR) is 226 cm³/mol. The number of allylic oxidation sites excluding steroid dienone is 4. The van der Waals surface area contributed by atoms with E-state index in [0.717, 1.165) is 24.9 Å². The Labute approximate surface area is 318 Å². The fraction of sp³-hybridized carbons (Fsp3) is 0.157. The van der Waals surface area contributed by atoms with Crippen molar-refractivity contribution >= 4 is 33.9 Å². The van der Waals surface area contributed by atoms with Crippen molar-refractivity contribution in [1.29, 1.82) is 0 Å². The lowest BCUT2D eigenvalue weighted by Gasteiger charge is -2.32. The van der Waals surface area contributed by atoms with Crippen LogP contribution in [0.4, 0.5) is 11.4 Å². The zero-order valence-electron chi connectivity index (χ0n) is 31.1. The molecule has 2 aromatic heterocycles. The van der Waals surface area contributed by atoms with E-state index in [1.54, 1.807) is 0 Å². The van der Waals surface area contributed by atoms with Crippen molar-refractivity contribution in [3.63, 3.8) is 0 Å². The first-order valence-electron chi connectivity index (χ1n) is 19.3. The molecule has 0 spiro atoms. The quantitative estimate of drug-likeness (QED) is 0.172. The normalized spacial score (nSPS) is 16.7. The molecule has 2 heterocycles. The first-order chi connectivity index (χ1) is 26.4. The van der Waals surface area contributed by atoms with E-state index in [-0.39, 0.29) is 5.41 Å². The number of hydrogen-bond donors (Lipinski definition) is 0. The lowest BCUT2D eigenvalue weighted by Crippen LogP contribution is -2.20. The van der Waals surface area contributed by atoms with Gasteiger partial charge in [-0.15, -0.1) is 0 Å². The van der Waals surface area contributed by atoms with E-state index in [4.69, 9.17) is 0 Å². The zero-order chi connectivity index (χ0) is 36.4. The maximum Gasteiger partial charge on any atom is 0.0538 e. The molecule has 3 nitrogen and oxygen atoms in total. The highest BCUT2D eigenvalue weighted by Gasteiger charge is 2.36.